The van der Waals surface area contributed by atoms with Gasteiger partial charge in [-0.25, -0.2) is 0 Å². The number of halogens is 3. The first-order valence-electron chi connectivity index (χ1n) is 4.82. The number of hydrogen-bond donors (Lipinski definition) is 3. The molecule has 1 unspecified atom stereocenters. The van der Waals surface area contributed by atoms with Crippen molar-refractivity contribution >= 4 is 50.7 Å². The van der Waals surface area contributed by atoms with Crippen LogP contribution in [0.2, 0.25) is 10.0 Å². The zero-order valence-electron chi connectivity index (χ0n) is 9.04. The van der Waals surface area contributed by atoms with Crippen LogP contribution in [0.1, 0.15) is 6.92 Å². The van der Waals surface area contributed by atoms with Crippen molar-refractivity contribution in [1.29, 1.82) is 0 Å². The van der Waals surface area contributed by atoms with E-state index < -0.39 is 0 Å². The van der Waals surface area contributed by atoms with E-state index in [-0.39, 0.29) is 11.8 Å². The molecule has 1 atom stereocenters. The molecule has 1 aromatic carbocycles. The third-order valence-corrected chi connectivity index (χ3v) is 4.03. The number of nitrogens with two attached hydrogens (primary N) is 1. The molecule has 4 nitrogen and oxygen atoms in total. The number of benzene rings is 1. The number of rotatable bonds is 4. The SMILES string of the molecule is CC(CNc1ccc(Br)c(Cl)c1Cl)/C(N)=N/O. The quantitative estimate of drug-likeness (QED) is 0.258. The Labute approximate surface area is 118 Å². The lowest BCUT2D eigenvalue weighted by molar-refractivity contribution is 0.315. The van der Waals surface area contributed by atoms with Crippen molar-refractivity contribution in [2.24, 2.45) is 16.8 Å². The largest absolute Gasteiger partial charge is 0.409 e. The highest BCUT2D eigenvalue weighted by atomic mass is 79.9. The summed E-state index contributed by atoms with van der Waals surface area (Å²) < 4.78 is 0.735. The molecule has 1 rings (SSSR count). The third-order valence-electron chi connectivity index (χ3n) is 2.25. The number of nitrogens with zero attached hydrogens (tertiary/aromatic N) is 1. The molecule has 17 heavy (non-hydrogen) atoms. The van der Waals surface area contributed by atoms with Crippen molar-refractivity contribution in [3.05, 3.63) is 26.7 Å². The zero-order valence-corrected chi connectivity index (χ0v) is 12.1. The lowest BCUT2D eigenvalue weighted by atomic mass is 10.1. The lowest BCUT2D eigenvalue weighted by Crippen LogP contribution is -2.27. The van der Waals surface area contributed by atoms with Gasteiger partial charge in [0.1, 0.15) is 5.84 Å². The molecule has 0 spiro atoms. The second-order valence-electron chi connectivity index (χ2n) is 3.53. The van der Waals surface area contributed by atoms with E-state index >= 15 is 0 Å². The number of hydrogen-bond acceptors (Lipinski definition) is 3. The third kappa shape index (κ3) is 3.66. The summed E-state index contributed by atoms with van der Waals surface area (Å²) in [5, 5.41) is 15.4. The van der Waals surface area contributed by atoms with Crippen LogP contribution in [0.15, 0.2) is 21.8 Å². The molecule has 0 saturated carbocycles. The highest BCUT2D eigenvalue weighted by Gasteiger charge is 2.11. The molecular formula is C10H12BrCl2N3O. The van der Waals surface area contributed by atoms with Crippen molar-refractivity contribution < 1.29 is 5.21 Å². The maximum atomic E-state index is 8.52. The number of anilines is 1. The van der Waals surface area contributed by atoms with Crippen molar-refractivity contribution in [1.82, 2.24) is 0 Å². The Balaban J connectivity index is 2.74. The van der Waals surface area contributed by atoms with Crippen LogP contribution >= 0.6 is 39.1 Å². The Kier molecular flexibility index (Phi) is 5.36. The first-order chi connectivity index (χ1) is 7.97. The van der Waals surface area contributed by atoms with E-state index in [2.05, 4.69) is 26.4 Å². The van der Waals surface area contributed by atoms with E-state index in [4.69, 9.17) is 34.1 Å². The van der Waals surface area contributed by atoms with Crippen molar-refractivity contribution in [3.63, 3.8) is 0 Å². The Morgan fingerprint density at radius 1 is 1.53 bits per heavy atom. The van der Waals surface area contributed by atoms with E-state index in [1.165, 1.54) is 0 Å². The summed E-state index contributed by atoms with van der Waals surface area (Å²) in [6.07, 6.45) is 0. The lowest BCUT2D eigenvalue weighted by Gasteiger charge is -2.14. The predicted octanol–water partition coefficient (Wildman–Crippen LogP) is 3.55. The minimum atomic E-state index is -0.113. The van der Waals surface area contributed by atoms with Crippen LogP contribution in [-0.2, 0) is 0 Å². The average Bonchev–Trinajstić information content (AvgIpc) is 2.33. The van der Waals surface area contributed by atoms with Crippen LogP contribution in [0.25, 0.3) is 0 Å². The van der Waals surface area contributed by atoms with Gasteiger partial charge in [0.2, 0.25) is 0 Å². The first kappa shape index (κ1) is 14.4. The summed E-state index contributed by atoms with van der Waals surface area (Å²) in [6.45, 7) is 2.32. The first-order valence-corrected chi connectivity index (χ1v) is 6.37. The molecule has 0 aliphatic carbocycles. The van der Waals surface area contributed by atoms with Crippen LogP contribution in [0.4, 0.5) is 5.69 Å². The molecule has 7 heteroatoms. The summed E-state index contributed by atoms with van der Waals surface area (Å²) >= 11 is 15.3. The maximum Gasteiger partial charge on any atom is 0.143 e. The fourth-order valence-corrected chi connectivity index (χ4v) is 1.97. The summed E-state index contributed by atoms with van der Waals surface area (Å²) in [6, 6.07) is 3.60. The standard InChI is InChI=1S/C10H12BrCl2N3O/c1-5(10(14)16-17)4-15-7-3-2-6(11)8(12)9(7)13/h2-3,5,15,17H,4H2,1H3,(H2,14,16). The second-order valence-corrected chi connectivity index (χ2v) is 5.14. The van der Waals surface area contributed by atoms with E-state index in [1.54, 1.807) is 12.1 Å². The van der Waals surface area contributed by atoms with Gasteiger partial charge in [-0.05, 0) is 28.1 Å². The molecule has 0 bridgehead atoms. The van der Waals surface area contributed by atoms with E-state index in [9.17, 15) is 0 Å². The summed E-state index contributed by atoms with van der Waals surface area (Å²) in [7, 11) is 0. The average molecular weight is 341 g/mol. The molecule has 0 saturated heterocycles. The van der Waals surface area contributed by atoms with Gasteiger partial charge in [-0.3, -0.25) is 0 Å². The molecule has 0 radical (unpaired) electrons. The Bertz CT molecular complexity index is 440. The molecule has 4 N–H and O–H groups in total. The molecule has 94 valence electrons. The summed E-state index contributed by atoms with van der Waals surface area (Å²) in [5.74, 6) is 0.0512. The van der Waals surface area contributed by atoms with Gasteiger partial charge in [-0.1, -0.05) is 35.3 Å². The highest BCUT2D eigenvalue weighted by Crippen LogP contribution is 2.35. The molecule has 0 heterocycles. The molecule has 0 amide bonds. The van der Waals surface area contributed by atoms with Gasteiger partial charge in [0.15, 0.2) is 0 Å². The molecule has 0 aliphatic heterocycles. The van der Waals surface area contributed by atoms with Crippen LogP contribution in [-0.4, -0.2) is 17.6 Å². The van der Waals surface area contributed by atoms with Gasteiger partial charge in [-0.15, -0.1) is 0 Å². The smallest absolute Gasteiger partial charge is 0.143 e. The monoisotopic (exact) mass is 339 g/mol. The van der Waals surface area contributed by atoms with Gasteiger partial charge in [0, 0.05) is 16.9 Å². The topological polar surface area (TPSA) is 70.6 Å². The van der Waals surface area contributed by atoms with E-state index in [0.29, 0.717) is 22.3 Å². The molecule has 0 aliphatic rings. The van der Waals surface area contributed by atoms with Crippen LogP contribution < -0.4 is 11.1 Å². The minimum absolute atomic E-state index is 0.113. The van der Waals surface area contributed by atoms with Crippen molar-refractivity contribution in [3.8, 4) is 0 Å². The van der Waals surface area contributed by atoms with Gasteiger partial charge in [0.05, 0.1) is 15.7 Å². The second kappa shape index (κ2) is 6.33. The van der Waals surface area contributed by atoms with Crippen LogP contribution in [0.3, 0.4) is 0 Å². The number of amidine groups is 1. The minimum Gasteiger partial charge on any atom is -0.409 e. The van der Waals surface area contributed by atoms with E-state index in [1.807, 2.05) is 6.92 Å². The molecule has 0 aromatic heterocycles. The van der Waals surface area contributed by atoms with Crippen LogP contribution in [0.5, 0.6) is 0 Å². The number of nitrogens with one attached hydrogen (secondary N) is 1. The van der Waals surface area contributed by atoms with E-state index in [0.717, 1.165) is 4.47 Å². The Hall–Kier alpha value is -0.650. The Morgan fingerprint density at radius 2 is 2.18 bits per heavy atom. The molecule has 0 fully saturated rings. The van der Waals surface area contributed by atoms with Gasteiger partial charge in [0.25, 0.3) is 0 Å². The normalized spacial score (nSPS) is 13.5. The Morgan fingerprint density at radius 3 is 2.76 bits per heavy atom. The predicted molar refractivity (Wildman–Crippen MR) is 75.2 cm³/mol. The van der Waals surface area contributed by atoms with Gasteiger partial charge in [-0.2, -0.15) is 0 Å². The van der Waals surface area contributed by atoms with Gasteiger partial charge < -0.3 is 16.3 Å². The number of oxime groups is 1. The van der Waals surface area contributed by atoms with Crippen molar-refractivity contribution in [2.75, 3.05) is 11.9 Å². The maximum absolute atomic E-state index is 8.52. The summed E-state index contributed by atoms with van der Waals surface area (Å²) in [5.41, 5.74) is 6.17. The molecular weight excluding hydrogens is 329 g/mol. The van der Waals surface area contributed by atoms with Gasteiger partial charge >= 0.3 is 0 Å². The summed E-state index contributed by atoms with van der Waals surface area (Å²) in [4.78, 5) is 0. The highest BCUT2D eigenvalue weighted by molar-refractivity contribution is 9.10. The van der Waals surface area contributed by atoms with Crippen LogP contribution in [0, 0.1) is 5.92 Å². The molecule has 1 aromatic rings. The fraction of sp³-hybridized carbons (Fsp3) is 0.300. The van der Waals surface area contributed by atoms with Crippen molar-refractivity contribution in [2.45, 2.75) is 6.92 Å². The fourth-order valence-electron chi connectivity index (χ4n) is 1.13. The zero-order chi connectivity index (χ0) is 13.0.